The minimum Gasteiger partial charge on any atom is -0.342 e. The molecule has 0 saturated carbocycles. The van der Waals surface area contributed by atoms with Crippen molar-refractivity contribution in [3.63, 3.8) is 0 Å². The number of carbonyl (C=O) groups is 1. The van der Waals surface area contributed by atoms with E-state index in [1.54, 1.807) is 49.4 Å². The van der Waals surface area contributed by atoms with Crippen LogP contribution in [0.5, 0.6) is 0 Å². The molecular weight excluding hydrogens is 372 g/mol. The Morgan fingerprint density at radius 2 is 1.88 bits per heavy atom. The number of nitrogens with one attached hydrogen (secondary N) is 1. The second-order valence-electron chi connectivity index (χ2n) is 6.40. The van der Waals surface area contributed by atoms with Crippen molar-refractivity contribution in [1.29, 1.82) is 0 Å². The van der Waals surface area contributed by atoms with Crippen molar-refractivity contribution in [2.45, 2.75) is 31.1 Å². The number of sulfonamides is 1. The van der Waals surface area contributed by atoms with Gasteiger partial charge in [-0.1, -0.05) is 29.8 Å². The third-order valence-electron chi connectivity index (χ3n) is 4.59. The molecule has 2 aromatic rings. The molecular formula is C19H21ClN2O3S. The number of likely N-dealkylation sites (tertiary alicyclic amines) is 1. The third-order valence-corrected chi connectivity index (χ3v) is 6.38. The molecule has 138 valence electrons. The first-order valence-electron chi connectivity index (χ1n) is 8.51. The predicted molar refractivity (Wildman–Crippen MR) is 103 cm³/mol. The van der Waals surface area contributed by atoms with Crippen molar-refractivity contribution in [2.24, 2.45) is 0 Å². The summed E-state index contributed by atoms with van der Waals surface area (Å²) in [6, 6.07) is 11.9. The zero-order valence-electron chi connectivity index (χ0n) is 14.5. The van der Waals surface area contributed by atoms with E-state index in [-0.39, 0.29) is 10.8 Å². The van der Waals surface area contributed by atoms with Crippen LogP contribution < -0.4 is 4.72 Å². The van der Waals surface area contributed by atoms with Crippen LogP contribution in [-0.4, -0.2) is 32.3 Å². The SMILES string of the molecule is Cc1c(Cl)cccc1NS(=O)(=O)c1ccc(CCN2CCCC2=O)cc1. The molecule has 3 rings (SSSR count). The van der Waals surface area contributed by atoms with Crippen molar-refractivity contribution < 1.29 is 13.2 Å². The smallest absolute Gasteiger partial charge is 0.261 e. The third kappa shape index (κ3) is 4.19. The molecule has 0 atom stereocenters. The van der Waals surface area contributed by atoms with Gasteiger partial charge in [0.2, 0.25) is 5.91 Å². The maximum atomic E-state index is 12.6. The quantitative estimate of drug-likeness (QED) is 0.816. The summed E-state index contributed by atoms with van der Waals surface area (Å²) in [5.41, 5.74) is 2.15. The van der Waals surface area contributed by atoms with Gasteiger partial charge in [0.15, 0.2) is 0 Å². The van der Waals surface area contributed by atoms with Gasteiger partial charge in [-0.2, -0.15) is 0 Å². The van der Waals surface area contributed by atoms with Gasteiger partial charge in [0.05, 0.1) is 10.6 Å². The molecule has 7 heteroatoms. The van der Waals surface area contributed by atoms with E-state index in [1.807, 2.05) is 4.90 Å². The number of amides is 1. The molecule has 1 saturated heterocycles. The lowest BCUT2D eigenvalue weighted by molar-refractivity contribution is -0.127. The summed E-state index contributed by atoms with van der Waals surface area (Å²) in [4.78, 5) is 13.7. The highest BCUT2D eigenvalue weighted by Gasteiger charge is 2.20. The summed E-state index contributed by atoms with van der Waals surface area (Å²) in [5.74, 6) is 0.199. The standard InChI is InChI=1S/C19H21ClN2O3S/c1-14-17(20)4-2-5-18(14)21-26(24,25)16-9-7-15(8-10-16)11-13-22-12-3-6-19(22)23/h2,4-5,7-10,21H,3,6,11-13H2,1H3. The zero-order chi connectivity index (χ0) is 18.7. The Balaban J connectivity index is 1.68. The molecule has 5 nitrogen and oxygen atoms in total. The van der Waals surface area contributed by atoms with Crippen molar-refractivity contribution >= 4 is 33.2 Å². The summed E-state index contributed by atoms with van der Waals surface area (Å²) < 4.78 is 27.7. The van der Waals surface area contributed by atoms with Crippen LogP contribution >= 0.6 is 11.6 Å². The van der Waals surface area contributed by atoms with Gasteiger partial charge in [0.1, 0.15) is 0 Å². The van der Waals surface area contributed by atoms with Crippen LogP contribution in [0.15, 0.2) is 47.4 Å². The van der Waals surface area contributed by atoms with E-state index in [0.29, 0.717) is 35.7 Å². The fraction of sp³-hybridized carbons (Fsp3) is 0.316. The molecule has 1 aliphatic heterocycles. The van der Waals surface area contributed by atoms with E-state index in [9.17, 15) is 13.2 Å². The highest BCUT2D eigenvalue weighted by molar-refractivity contribution is 7.92. The van der Waals surface area contributed by atoms with Crippen molar-refractivity contribution in [3.8, 4) is 0 Å². The van der Waals surface area contributed by atoms with Gasteiger partial charge < -0.3 is 4.90 Å². The molecule has 1 aliphatic rings. The fourth-order valence-electron chi connectivity index (χ4n) is 2.96. The average Bonchev–Trinajstić information content (AvgIpc) is 3.02. The van der Waals surface area contributed by atoms with E-state index in [2.05, 4.69) is 4.72 Å². The lowest BCUT2D eigenvalue weighted by Crippen LogP contribution is -2.26. The summed E-state index contributed by atoms with van der Waals surface area (Å²) in [7, 11) is -3.68. The molecule has 1 heterocycles. The maximum absolute atomic E-state index is 12.6. The number of hydrogen-bond donors (Lipinski definition) is 1. The second-order valence-corrected chi connectivity index (χ2v) is 8.49. The second kappa shape index (κ2) is 7.68. The minimum atomic E-state index is -3.68. The van der Waals surface area contributed by atoms with E-state index in [1.165, 1.54) is 0 Å². The van der Waals surface area contributed by atoms with E-state index in [0.717, 1.165) is 18.5 Å². The normalized spacial score (nSPS) is 14.7. The average molecular weight is 393 g/mol. The highest BCUT2D eigenvalue weighted by Crippen LogP contribution is 2.25. The molecule has 0 aliphatic carbocycles. The van der Waals surface area contributed by atoms with E-state index in [4.69, 9.17) is 11.6 Å². The van der Waals surface area contributed by atoms with Crippen LogP contribution in [0.25, 0.3) is 0 Å². The van der Waals surface area contributed by atoms with Crippen LogP contribution in [0.2, 0.25) is 5.02 Å². The van der Waals surface area contributed by atoms with Crippen molar-refractivity contribution in [1.82, 2.24) is 4.90 Å². The van der Waals surface area contributed by atoms with E-state index >= 15 is 0 Å². The van der Waals surface area contributed by atoms with Gasteiger partial charge in [-0.25, -0.2) is 8.42 Å². The first kappa shape index (κ1) is 18.7. The van der Waals surface area contributed by atoms with Gasteiger partial charge in [0, 0.05) is 24.5 Å². The number of anilines is 1. The van der Waals surface area contributed by atoms with Crippen LogP contribution in [0.1, 0.15) is 24.0 Å². The van der Waals surface area contributed by atoms with Crippen molar-refractivity contribution in [3.05, 3.63) is 58.6 Å². The first-order chi connectivity index (χ1) is 12.4. The lowest BCUT2D eigenvalue weighted by Gasteiger charge is -2.15. The lowest BCUT2D eigenvalue weighted by atomic mass is 10.1. The summed E-state index contributed by atoms with van der Waals surface area (Å²) in [6.07, 6.45) is 2.27. The summed E-state index contributed by atoms with van der Waals surface area (Å²) in [5, 5.41) is 0.511. The number of benzene rings is 2. The molecule has 2 aromatic carbocycles. The molecule has 1 amide bonds. The van der Waals surface area contributed by atoms with Crippen LogP contribution in [0, 0.1) is 6.92 Å². The Kier molecular flexibility index (Phi) is 5.53. The van der Waals surface area contributed by atoms with Crippen molar-refractivity contribution in [2.75, 3.05) is 17.8 Å². The van der Waals surface area contributed by atoms with Gasteiger partial charge in [-0.15, -0.1) is 0 Å². The Bertz CT molecular complexity index is 911. The molecule has 0 unspecified atom stereocenters. The molecule has 1 N–H and O–H groups in total. The Morgan fingerprint density at radius 3 is 2.54 bits per heavy atom. The molecule has 0 radical (unpaired) electrons. The molecule has 26 heavy (non-hydrogen) atoms. The van der Waals surface area contributed by atoms with Gasteiger partial charge in [-0.3, -0.25) is 9.52 Å². The summed E-state index contributed by atoms with van der Waals surface area (Å²) in [6.45, 7) is 3.25. The molecule has 0 spiro atoms. The largest absolute Gasteiger partial charge is 0.342 e. The maximum Gasteiger partial charge on any atom is 0.261 e. The minimum absolute atomic E-state index is 0.192. The number of halogens is 1. The van der Waals surface area contributed by atoms with Crippen LogP contribution in [0.3, 0.4) is 0 Å². The number of carbonyl (C=O) groups excluding carboxylic acids is 1. The zero-order valence-corrected chi connectivity index (χ0v) is 16.1. The first-order valence-corrected chi connectivity index (χ1v) is 10.4. The van der Waals surface area contributed by atoms with Gasteiger partial charge in [-0.05, 0) is 55.2 Å². The van der Waals surface area contributed by atoms with Crippen LogP contribution in [-0.2, 0) is 21.2 Å². The van der Waals surface area contributed by atoms with Crippen LogP contribution in [0.4, 0.5) is 5.69 Å². The Morgan fingerprint density at radius 1 is 1.15 bits per heavy atom. The number of hydrogen-bond acceptors (Lipinski definition) is 3. The number of nitrogens with zero attached hydrogens (tertiary/aromatic N) is 1. The number of rotatable bonds is 6. The fourth-order valence-corrected chi connectivity index (χ4v) is 4.26. The van der Waals surface area contributed by atoms with Gasteiger partial charge in [0.25, 0.3) is 10.0 Å². The molecule has 0 aromatic heterocycles. The highest BCUT2D eigenvalue weighted by atomic mass is 35.5. The Labute approximate surface area is 159 Å². The summed E-state index contributed by atoms with van der Waals surface area (Å²) >= 11 is 6.05. The predicted octanol–water partition coefficient (Wildman–Crippen LogP) is 3.61. The Hall–Kier alpha value is -2.05. The van der Waals surface area contributed by atoms with E-state index < -0.39 is 10.0 Å². The molecule has 0 bridgehead atoms. The van der Waals surface area contributed by atoms with Gasteiger partial charge >= 0.3 is 0 Å². The molecule has 1 fully saturated rings. The topological polar surface area (TPSA) is 66.5 Å². The monoisotopic (exact) mass is 392 g/mol.